The highest BCUT2D eigenvalue weighted by Gasteiger charge is 2.22. The molecule has 1 N–H and O–H groups in total. The molecule has 2 aromatic rings. The van der Waals surface area contributed by atoms with E-state index < -0.39 is 0 Å². The molecule has 1 amide bonds. The maximum Gasteiger partial charge on any atom is 0.222 e. The lowest BCUT2D eigenvalue weighted by molar-refractivity contribution is -0.128. The van der Waals surface area contributed by atoms with Crippen LogP contribution in [0.4, 0.5) is 0 Å². The second-order valence-electron chi connectivity index (χ2n) is 8.11. The average molecular weight is 425 g/mol. The van der Waals surface area contributed by atoms with Gasteiger partial charge in [-0.05, 0) is 24.5 Å². The van der Waals surface area contributed by atoms with Gasteiger partial charge in [-0.3, -0.25) is 9.69 Å². The van der Waals surface area contributed by atoms with Crippen LogP contribution in [0.2, 0.25) is 0 Å². The third-order valence-electron chi connectivity index (χ3n) is 5.93. The molecule has 0 unspecified atom stereocenters. The summed E-state index contributed by atoms with van der Waals surface area (Å²) in [6.45, 7) is 9.68. The van der Waals surface area contributed by atoms with E-state index in [0.717, 1.165) is 63.9 Å². The summed E-state index contributed by atoms with van der Waals surface area (Å²) in [6.07, 6.45) is 3.26. The van der Waals surface area contributed by atoms with Crippen molar-refractivity contribution in [2.24, 2.45) is 4.99 Å². The molecular weight excluding hydrogens is 392 g/mol. The molecule has 4 rings (SSSR count). The fourth-order valence-corrected chi connectivity index (χ4v) is 4.19. The number of amides is 1. The zero-order chi connectivity index (χ0) is 21.5. The molecule has 0 spiro atoms. The van der Waals surface area contributed by atoms with E-state index in [0.29, 0.717) is 19.5 Å². The zero-order valence-corrected chi connectivity index (χ0v) is 18.3. The molecule has 0 saturated carbocycles. The van der Waals surface area contributed by atoms with Crippen LogP contribution in [0.25, 0.3) is 0 Å². The smallest absolute Gasteiger partial charge is 0.222 e. The van der Waals surface area contributed by atoms with Crippen LogP contribution in [0.15, 0.2) is 46.1 Å². The molecule has 8 heteroatoms. The monoisotopic (exact) mass is 424 g/mol. The van der Waals surface area contributed by atoms with Crippen molar-refractivity contribution in [3.63, 3.8) is 0 Å². The quantitative estimate of drug-likeness (QED) is 0.542. The van der Waals surface area contributed by atoms with Crippen LogP contribution < -0.4 is 5.32 Å². The van der Waals surface area contributed by atoms with Crippen LogP contribution in [0.1, 0.15) is 36.6 Å². The third-order valence-corrected chi connectivity index (χ3v) is 5.93. The lowest BCUT2D eigenvalue weighted by Crippen LogP contribution is -2.52. The lowest BCUT2D eigenvalue weighted by Gasteiger charge is -2.36. The van der Waals surface area contributed by atoms with Crippen LogP contribution in [0.5, 0.6) is 0 Å². The van der Waals surface area contributed by atoms with Gasteiger partial charge in [-0.1, -0.05) is 29.4 Å². The fraction of sp³-hybridized carbons (Fsp3) is 0.522. The number of carbonyl (C=O) groups excluding carboxylic acids is 1. The Hall–Kier alpha value is -2.87. The van der Waals surface area contributed by atoms with Gasteiger partial charge in [0.05, 0.1) is 12.2 Å². The Kier molecular flexibility index (Phi) is 7.19. The van der Waals surface area contributed by atoms with E-state index in [4.69, 9.17) is 9.52 Å². The van der Waals surface area contributed by atoms with E-state index in [1.807, 2.05) is 17.0 Å². The summed E-state index contributed by atoms with van der Waals surface area (Å²) in [5, 5.41) is 7.46. The highest BCUT2D eigenvalue weighted by Crippen LogP contribution is 2.18. The first-order valence-corrected chi connectivity index (χ1v) is 11.2. The maximum absolute atomic E-state index is 12.0. The van der Waals surface area contributed by atoms with Gasteiger partial charge >= 0.3 is 0 Å². The molecule has 0 atom stereocenters. The first-order chi connectivity index (χ1) is 15.2. The number of hydrogen-bond acceptors (Lipinski definition) is 5. The number of rotatable bonds is 7. The molecule has 0 aliphatic carbocycles. The second kappa shape index (κ2) is 10.4. The number of nitrogens with zero attached hydrogens (tertiary/aromatic N) is 5. The minimum Gasteiger partial charge on any atom is -0.364 e. The maximum atomic E-state index is 12.0. The van der Waals surface area contributed by atoms with E-state index >= 15 is 0 Å². The molecule has 0 bridgehead atoms. The van der Waals surface area contributed by atoms with Crippen LogP contribution in [-0.4, -0.2) is 71.0 Å². The van der Waals surface area contributed by atoms with Crippen molar-refractivity contribution >= 4 is 11.9 Å². The van der Waals surface area contributed by atoms with Crippen molar-refractivity contribution < 1.29 is 9.32 Å². The number of carbonyl (C=O) groups is 1. The van der Waals surface area contributed by atoms with Crippen LogP contribution in [0.3, 0.4) is 0 Å². The van der Waals surface area contributed by atoms with Gasteiger partial charge in [0.2, 0.25) is 5.91 Å². The molecule has 8 nitrogen and oxygen atoms in total. The predicted molar refractivity (Wildman–Crippen MR) is 119 cm³/mol. The Balaban J connectivity index is 1.38. The Bertz CT molecular complexity index is 874. The number of nitrogens with one attached hydrogen (secondary N) is 1. The first-order valence-electron chi connectivity index (χ1n) is 11.2. The summed E-state index contributed by atoms with van der Waals surface area (Å²) in [7, 11) is 0. The number of piperazine rings is 1. The zero-order valence-electron chi connectivity index (χ0n) is 18.3. The second-order valence-corrected chi connectivity index (χ2v) is 8.11. The summed E-state index contributed by atoms with van der Waals surface area (Å²) in [5.41, 5.74) is 3.35. The Morgan fingerprint density at radius 3 is 2.58 bits per heavy atom. The summed E-state index contributed by atoms with van der Waals surface area (Å²) in [6, 6.07) is 10.3. The fourth-order valence-electron chi connectivity index (χ4n) is 4.19. The molecule has 1 aromatic carbocycles. The van der Waals surface area contributed by atoms with Gasteiger partial charge in [0.25, 0.3) is 0 Å². The van der Waals surface area contributed by atoms with E-state index in [1.54, 1.807) is 6.26 Å². The minimum absolute atomic E-state index is 0.259. The van der Waals surface area contributed by atoms with Crippen molar-refractivity contribution in [2.75, 3.05) is 39.3 Å². The van der Waals surface area contributed by atoms with E-state index in [9.17, 15) is 4.79 Å². The van der Waals surface area contributed by atoms with Gasteiger partial charge < -0.3 is 19.6 Å². The molecule has 31 heavy (non-hydrogen) atoms. The normalized spacial score (nSPS) is 18.1. The van der Waals surface area contributed by atoms with Gasteiger partial charge in [0.1, 0.15) is 6.26 Å². The highest BCUT2D eigenvalue weighted by molar-refractivity contribution is 5.80. The topological polar surface area (TPSA) is 77.2 Å². The van der Waals surface area contributed by atoms with Crippen molar-refractivity contribution in [1.29, 1.82) is 0 Å². The summed E-state index contributed by atoms with van der Waals surface area (Å²) in [5.74, 6) is 1.21. The Morgan fingerprint density at radius 1 is 1.10 bits per heavy atom. The number of likely N-dealkylation sites (tertiary alicyclic amines) is 1. The van der Waals surface area contributed by atoms with E-state index in [2.05, 4.69) is 45.4 Å². The van der Waals surface area contributed by atoms with Gasteiger partial charge in [0.15, 0.2) is 5.96 Å². The van der Waals surface area contributed by atoms with Crippen molar-refractivity contribution in [1.82, 2.24) is 25.2 Å². The first kappa shape index (κ1) is 21.4. The minimum atomic E-state index is 0.259. The van der Waals surface area contributed by atoms with Gasteiger partial charge in [-0.25, -0.2) is 4.99 Å². The molecule has 166 valence electrons. The Morgan fingerprint density at radius 2 is 1.90 bits per heavy atom. The SMILES string of the molecule is CCNC(=NCc1ccccc1CN1CCCC1=O)N1CCN(Cc2ccon2)CC1. The van der Waals surface area contributed by atoms with Gasteiger partial charge in [-0.15, -0.1) is 0 Å². The van der Waals surface area contributed by atoms with E-state index in [1.165, 1.54) is 11.1 Å². The molecular formula is C23H32N6O2. The molecule has 2 saturated heterocycles. The van der Waals surface area contributed by atoms with Crippen LogP contribution in [0, 0.1) is 0 Å². The highest BCUT2D eigenvalue weighted by atomic mass is 16.5. The third kappa shape index (κ3) is 5.64. The molecule has 2 aliphatic heterocycles. The molecule has 2 fully saturated rings. The number of benzene rings is 1. The molecule has 3 heterocycles. The average Bonchev–Trinajstić information content (AvgIpc) is 3.45. The number of aromatic nitrogens is 1. The van der Waals surface area contributed by atoms with Crippen molar-refractivity contribution in [3.8, 4) is 0 Å². The lowest BCUT2D eigenvalue weighted by atomic mass is 10.1. The summed E-state index contributed by atoms with van der Waals surface area (Å²) >= 11 is 0. The standard InChI is InChI=1S/C23H32N6O2/c1-2-24-23(28-13-11-27(12-14-28)18-21-9-15-31-26-21)25-16-19-6-3-4-7-20(19)17-29-10-5-8-22(29)30/h3-4,6-7,9,15H,2,5,8,10-14,16-18H2,1H3,(H,24,25). The van der Waals surface area contributed by atoms with Crippen LogP contribution in [-0.2, 0) is 24.4 Å². The molecule has 2 aliphatic rings. The van der Waals surface area contributed by atoms with Gasteiger partial charge in [0, 0.05) is 64.8 Å². The van der Waals surface area contributed by atoms with Crippen molar-refractivity contribution in [2.45, 2.75) is 39.4 Å². The number of aliphatic imine (C=N–C) groups is 1. The summed E-state index contributed by atoms with van der Waals surface area (Å²) in [4.78, 5) is 23.7. The number of guanidine groups is 1. The Labute approximate surface area is 183 Å². The van der Waals surface area contributed by atoms with Gasteiger partial charge in [-0.2, -0.15) is 0 Å². The predicted octanol–water partition coefficient (Wildman–Crippen LogP) is 2.08. The van der Waals surface area contributed by atoms with Crippen molar-refractivity contribution in [3.05, 3.63) is 53.4 Å². The molecule has 1 aromatic heterocycles. The van der Waals surface area contributed by atoms with Crippen LogP contribution >= 0.6 is 0 Å². The summed E-state index contributed by atoms with van der Waals surface area (Å²) < 4.78 is 4.94. The van der Waals surface area contributed by atoms with E-state index in [-0.39, 0.29) is 5.91 Å². The molecule has 0 radical (unpaired) electrons. The largest absolute Gasteiger partial charge is 0.364 e. The number of hydrogen-bond donors (Lipinski definition) is 1.